The molecule has 2 rings (SSSR count). The van der Waals surface area contributed by atoms with Crippen molar-refractivity contribution < 1.29 is 18.0 Å². The Hall–Kier alpha value is -1.75. The lowest BCUT2D eigenvalue weighted by molar-refractivity contribution is 0.0990. The third-order valence-electron chi connectivity index (χ3n) is 2.64. The Morgan fingerprint density at radius 3 is 2.24 bits per heavy atom. The van der Waals surface area contributed by atoms with Gasteiger partial charge in [0.05, 0.1) is 5.75 Å². The molecule has 0 saturated carbocycles. The molecular formula is C12H10O4S. The molecule has 0 aromatic heterocycles. The highest BCUT2D eigenvalue weighted by molar-refractivity contribution is 7.96. The van der Waals surface area contributed by atoms with Crippen molar-refractivity contribution in [2.24, 2.45) is 0 Å². The summed E-state index contributed by atoms with van der Waals surface area (Å²) in [5, 5.41) is 0. The second-order valence-corrected chi connectivity index (χ2v) is 5.90. The van der Waals surface area contributed by atoms with Crippen molar-refractivity contribution in [2.75, 3.05) is 5.75 Å². The summed E-state index contributed by atoms with van der Waals surface area (Å²) < 4.78 is 23.4. The zero-order valence-electron chi connectivity index (χ0n) is 9.14. The van der Waals surface area contributed by atoms with Crippen molar-refractivity contribution in [2.45, 2.75) is 6.92 Å². The van der Waals surface area contributed by atoms with Crippen LogP contribution in [0.5, 0.6) is 0 Å². The van der Waals surface area contributed by atoms with E-state index >= 15 is 0 Å². The van der Waals surface area contributed by atoms with E-state index in [9.17, 15) is 18.0 Å². The Labute approximate surface area is 98.9 Å². The standard InChI is InChI=1S/C12H10O4S/c1-2-17(15,16)11-7-10(13)8-5-3-4-6-9(8)12(11)14/h3-7H,2H2,1H3. The van der Waals surface area contributed by atoms with Gasteiger partial charge in [-0.05, 0) is 0 Å². The molecular weight excluding hydrogens is 240 g/mol. The fourth-order valence-electron chi connectivity index (χ4n) is 1.68. The van der Waals surface area contributed by atoms with E-state index < -0.39 is 26.3 Å². The van der Waals surface area contributed by atoms with Gasteiger partial charge in [-0.15, -0.1) is 0 Å². The number of fused-ring (bicyclic) bond motifs is 1. The summed E-state index contributed by atoms with van der Waals surface area (Å²) in [5.41, 5.74) is 0.416. The molecule has 1 aliphatic rings. The summed E-state index contributed by atoms with van der Waals surface area (Å²) >= 11 is 0. The first-order valence-electron chi connectivity index (χ1n) is 5.10. The first-order chi connectivity index (χ1) is 7.97. The average molecular weight is 250 g/mol. The van der Waals surface area contributed by atoms with Crippen molar-refractivity contribution >= 4 is 21.4 Å². The van der Waals surface area contributed by atoms with Gasteiger partial charge in [-0.2, -0.15) is 0 Å². The van der Waals surface area contributed by atoms with E-state index in [-0.39, 0.29) is 16.9 Å². The van der Waals surface area contributed by atoms with Crippen LogP contribution in [0.25, 0.3) is 0 Å². The second kappa shape index (κ2) is 3.92. The topological polar surface area (TPSA) is 68.3 Å². The van der Waals surface area contributed by atoms with Gasteiger partial charge in [0, 0.05) is 17.2 Å². The number of Topliss-reactive ketones (excluding diaryl/α,β-unsaturated/α-hetero) is 1. The first-order valence-corrected chi connectivity index (χ1v) is 6.75. The molecule has 1 aromatic rings. The molecule has 88 valence electrons. The molecule has 0 aliphatic heterocycles. The normalized spacial score (nSPS) is 15.5. The van der Waals surface area contributed by atoms with Gasteiger partial charge < -0.3 is 0 Å². The first kappa shape index (κ1) is 11.7. The van der Waals surface area contributed by atoms with E-state index in [1.165, 1.54) is 19.1 Å². The van der Waals surface area contributed by atoms with Gasteiger partial charge in [-0.3, -0.25) is 9.59 Å². The van der Waals surface area contributed by atoms with Crippen LogP contribution >= 0.6 is 0 Å². The minimum absolute atomic E-state index is 0.159. The molecule has 4 nitrogen and oxygen atoms in total. The van der Waals surface area contributed by atoms with Crippen LogP contribution in [0, 0.1) is 0 Å². The van der Waals surface area contributed by atoms with Crippen LogP contribution in [0.1, 0.15) is 27.6 Å². The quantitative estimate of drug-likeness (QED) is 0.795. The van der Waals surface area contributed by atoms with Crippen LogP contribution < -0.4 is 0 Å². The predicted octanol–water partition coefficient (Wildman–Crippen LogP) is 1.38. The zero-order chi connectivity index (χ0) is 12.6. The zero-order valence-corrected chi connectivity index (χ0v) is 9.95. The van der Waals surface area contributed by atoms with Gasteiger partial charge in [0.2, 0.25) is 5.78 Å². The molecule has 0 N–H and O–H groups in total. The highest BCUT2D eigenvalue weighted by atomic mass is 32.2. The third kappa shape index (κ3) is 1.82. The number of benzene rings is 1. The van der Waals surface area contributed by atoms with Crippen LogP contribution in [0.2, 0.25) is 0 Å². The van der Waals surface area contributed by atoms with Crippen LogP contribution in [0.15, 0.2) is 35.2 Å². The average Bonchev–Trinajstić information content (AvgIpc) is 2.33. The van der Waals surface area contributed by atoms with Crippen LogP contribution in [-0.4, -0.2) is 25.7 Å². The molecule has 0 unspecified atom stereocenters. The Morgan fingerprint density at radius 1 is 1.06 bits per heavy atom. The van der Waals surface area contributed by atoms with Crippen LogP contribution in [0.4, 0.5) is 0 Å². The lowest BCUT2D eigenvalue weighted by atomic mass is 9.95. The fraction of sp³-hybridized carbons (Fsp3) is 0.167. The van der Waals surface area contributed by atoms with Crippen molar-refractivity contribution in [1.29, 1.82) is 0 Å². The van der Waals surface area contributed by atoms with E-state index in [1.807, 2.05) is 0 Å². The van der Waals surface area contributed by atoms with Gasteiger partial charge in [-0.25, -0.2) is 8.42 Å². The van der Waals surface area contributed by atoms with Crippen LogP contribution in [0.3, 0.4) is 0 Å². The highest BCUT2D eigenvalue weighted by Gasteiger charge is 2.31. The number of ketones is 2. The monoisotopic (exact) mass is 250 g/mol. The van der Waals surface area contributed by atoms with Gasteiger partial charge in [0.15, 0.2) is 15.6 Å². The molecule has 1 aliphatic carbocycles. The Morgan fingerprint density at radius 2 is 1.65 bits per heavy atom. The molecule has 0 heterocycles. The molecule has 0 radical (unpaired) electrons. The largest absolute Gasteiger partial charge is 0.289 e. The lowest BCUT2D eigenvalue weighted by Crippen LogP contribution is -2.23. The van der Waals surface area contributed by atoms with E-state index in [4.69, 9.17) is 0 Å². The van der Waals surface area contributed by atoms with Gasteiger partial charge in [0.1, 0.15) is 4.91 Å². The highest BCUT2D eigenvalue weighted by Crippen LogP contribution is 2.24. The number of rotatable bonds is 2. The fourth-order valence-corrected chi connectivity index (χ4v) is 2.67. The molecule has 5 heteroatoms. The Balaban J connectivity index is 2.65. The second-order valence-electron chi connectivity index (χ2n) is 3.65. The maximum Gasteiger partial charge on any atom is 0.205 e. The van der Waals surface area contributed by atoms with Crippen molar-refractivity contribution in [3.8, 4) is 0 Å². The number of sulfone groups is 1. The predicted molar refractivity (Wildman–Crippen MR) is 62.6 cm³/mol. The van der Waals surface area contributed by atoms with Crippen LogP contribution in [-0.2, 0) is 9.84 Å². The summed E-state index contributed by atoms with van der Waals surface area (Å²) in [5.74, 6) is -1.23. The van der Waals surface area contributed by atoms with Gasteiger partial charge >= 0.3 is 0 Å². The summed E-state index contributed by atoms with van der Waals surface area (Å²) in [6, 6.07) is 6.22. The molecule has 0 fully saturated rings. The molecule has 0 bridgehead atoms. The minimum atomic E-state index is -3.66. The maximum absolute atomic E-state index is 12.0. The van der Waals surface area contributed by atoms with Gasteiger partial charge in [0.25, 0.3) is 0 Å². The van der Waals surface area contributed by atoms with E-state index in [0.29, 0.717) is 0 Å². The lowest BCUT2D eigenvalue weighted by Gasteiger charge is -2.14. The van der Waals surface area contributed by atoms with Gasteiger partial charge in [-0.1, -0.05) is 31.2 Å². The Kier molecular flexibility index (Phi) is 2.71. The van der Waals surface area contributed by atoms with Crippen molar-refractivity contribution in [3.05, 3.63) is 46.4 Å². The van der Waals surface area contributed by atoms with Crippen molar-refractivity contribution in [3.63, 3.8) is 0 Å². The smallest absolute Gasteiger partial charge is 0.205 e. The Bertz CT molecular complexity index is 638. The summed E-state index contributed by atoms with van der Waals surface area (Å²) in [6.45, 7) is 1.44. The third-order valence-corrected chi connectivity index (χ3v) is 4.37. The molecule has 0 amide bonds. The summed E-state index contributed by atoms with van der Waals surface area (Å²) in [6.07, 6.45) is 0.920. The molecule has 17 heavy (non-hydrogen) atoms. The number of carbonyl (C=O) groups is 2. The van der Waals surface area contributed by atoms with E-state index in [1.54, 1.807) is 12.1 Å². The number of carbonyl (C=O) groups excluding carboxylic acids is 2. The number of hydrogen-bond donors (Lipinski definition) is 0. The summed E-state index contributed by atoms with van der Waals surface area (Å²) in [7, 11) is -3.66. The number of hydrogen-bond acceptors (Lipinski definition) is 4. The van der Waals surface area contributed by atoms with E-state index in [2.05, 4.69) is 0 Å². The molecule has 0 saturated heterocycles. The van der Waals surface area contributed by atoms with Crippen molar-refractivity contribution in [1.82, 2.24) is 0 Å². The molecule has 0 spiro atoms. The maximum atomic E-state index is 12.0. The minimum Gasteiger partial charge on any atom is -0.289 e. The summed E-state index contributed by atoms with van der Waals surface area (Å²) in [4.78, 5) is 23.3. The molecule has 1 aromatic carbocycles. The number of allylic oxidation sites excluding steroid dienone is 2. The SMILES string of the molecule is CCS(=O)(=O)C1=CC(=O)c2ccccc2C1=O. The molecule has 0 atom stereocenters. The van der Waals surface area contributed by atoms with E-state index in [0.717, 1.165) is 6.08 Å².